The lowest BCUT2D eigenvalue weighted by molar-refractivity contribution is 0.0836. The number of nitrogens with zero attached hydrogens (tertiary/aromatic N) is 4. The van der Waals surface area contributed by atoms with Crippen LogP contribution in [0.15, 0.2) is 83.8 Å². The van der Waals surface area contributed by atoms with Crippen molar-refractivity contribution in [2.75, 3.05) is 26.2 Å². The van der Waals surface area contributed by atoms with Crippen molar-refractivity contribution in [3.63, 3.8) is 0 Å². The maximum Gasteiger partial charge on any atom is 0.275 e. The molecule has 0 aliphatic carbocycles. The summed E-state index contributed by atoms with van der Waals surface area (Å²) in [6.07, 6.45) is 1.73. The summed E-state index contributed by atoms with van der Waals surface area (Å²) in [4.78, 5) is 17.3. The zero-order chi connectivity index (χ0) is 22.8. The van der Waals surface area contributed by atoms with E-state index in [2.05, 4.69) is 14.9 Å². The van der Waals surface area contributed by atoms with Crippen molar-refractivity contribution in [3.05, 3.63) is 112 Å². The van der Waals surface area contributed by atoms with E-state index in [4.69, 9.17) is 0 Å². The number of rotatable bonds is 5. The van der Waals surface area contributed by atoms with Gasteiger partial charge in [-0.2, -0.15) is 5.10 Å². The fourth-order valence-electron chi connectivity index (χ4n) is 4.49. The molecule has 7 heteroatoms. The van der Waals surface area contributed by atoms with E-state index < -0.39 is 0 Å². The van der Waals surface area contributed by atoms with Crippen LogP contribution < -0.4 is 5.56 Å². The summed E-state index contributed by atoms with van der Waals surface area (Å²) in [5.74, 6) is -0.565. The molecule has 0 bridgehead atoms. The van der Waals surface area contributed by atoms with Crippen molar-refractivity contribution in [3.8, 4) is 0 Å². The molecule has 4 aromatic rings. The SMILES string of the molecule is O=c1c2ccccc2cnn1CN1CCN(C(c2ccc(F)cc2)c2ccc(F)cc2)CC1. The Morgan fingerprint density at radius 3 is 1.97 bits per heavy atom. The van der Waals surface area contributed by atoms with Gasteiger partial charge >= 0.3 is 0 Å². The second-order valence-corrected chi connectivity index (χ2v) is 8.34. The minimum absolute atomic E-state index is 0.0916. The third-order valence-corrected chi connectivity index (χ3v) is 6.24. The van der Waals surface area contributed by atoms with E-state index in [0.29, 0.717) is 12.1 Å². The van der Waals surface area contributed by atoms with E-state index in [1.165, 1.54) is 28.9 Å². The van der Waals surface area contributed by atoms with E-state index in [1.54, 1.807) is 30.5 Å². The number of aromatic nitrogens is 2. The van der Waals surface area contributed by atoms with Gasteiger partial charge in [-0.15, -0.1) is 0 Å². The third kappa shape index (κ3) is 4.55. The van der Waals surface area contributed by atoms with E-state index in [9.17, 15) is 13.6 Å². The first-order valence-electron chi connectivity index (χ1n) is 11.0. The first-order valence-corrected chi connectivity index (χ1v) is 11.0. The molecule has 0 amide bonds. The van der Waals surface area contributed by atoms with Gasteiger partial charge in [0, 0.05) is 31.6 Å². The molecule has 1 saturated heterocycles. The summed E-state index contributed by atoms with van der Waals surface area (Å²) in [6, 6.07) is 20.3. The molecule has 3 aromatic carbocycles. The largest absolute Gasteiger partial charge is 0.290 e. The Bertz CT molecular complexity index is 1250. The van der Waals surface area contributed by atoms with Gasteiger partial charge in [-0.3, -0.25) is 14.6 Å². The van der Waals surface area contributed by atoms with Gasteiger partial charge in [-0.25, -0.2) is 13.5 Å². The maximum absolute atomic E-state index is 13.5. The van der Waals surface area contributed by atoms with Gasteiger partial charge in [0.25, 0.3) is 5.56 Å². The molecular formula is C26H24F2N4O. The highest BCUT2D eigenvalue weighted by Gasteiger charge is 2.27. The van der Waals surface area contributed by atoms with E-state index in [1.807, 2.05) is 24.3 Å². The van der Waals surface area contributed by atoms with Crippen molar-refractivity contribution < 1.29 is 8.78 Å². The van der Waals surface area contributed by atoms with E-state index in [0.717, 1.165) is 42.7 Å². The van der Waals surface area contributed by atoms with Crippen molar-refractivity contribution in [2.45, 2.75) is 12.7 Å². The number of hydrogen-bond donors (Lipinski definition) is 0. The van der Waals surface area contributed by atoms with Crippen molar-refractivity contribution in [1.29, 1.82) is 0 Å². The zero-order valence-electron chi connectivity index (χ0n) is 18.1. The van der Waals surface area contributed by atoms with Gasteiger partial charge < -0.3 is 0 Å². The number of halogens is 2. The molecule has 1 aromatic heterocycles. The molecule has 0 unspecified atom stereocenters. The quantitative estimate of drug-likeness (QED) is 0.464. The molecular weight excluding hydrogens is 422 g/mol. The monoisotopic (exact) mass is 446 g/mol. The summed E-state index contributed by atoms with van der Waals surface area (Å²) in [5, 5.41) is 5.85. The fraction of sp³-hybridized carbons (Fsp3) is 0.231. The summed E-state index contributed by atoms with van der Waals surface area (Å²) in [6.45, 7) is 3.43. The molecule has 0 radical (unpaired) electrons. The fourth-order valence-corrected chi connectivity index (χ4v) is 4.49. The Morgan fingerprint density at radius 2 is 1.36 bits per heavy atom. The van der Waals surface area contributed by atoms with Gasteiger partial charge in [0.2, 0.25) is 0 Å². The lowest BCUT2D eigenvalue weighted by Crippen LogP contribution is -2.49. The summed E-state index contributed by atoms with van der Waals surface area (Å²) < 4.78 is 28.6. The highest BCUT2D eigenvalue weighted by molar-refractivity contribution is 5.80. The Morgan fingerprint density at radius 1 is 0.788 bits per heavy atom. The van der Waals surface area contributed by atoms with Crippen LogP contribution in [0.3, 0.4) is 0 Å². The lowest BCUT2D eigenvalue weighted by atomic mass is 9.96. The van der Waals surface area contributed by atoms with Crippen LogP contribution in [-0.2, 0) is 6.67 Å². The van der Waals surface area contributed by atoms with Crippen LogP contribution in [0, 0.1) is 11.6 Å². The van der Waals surface area contributed by atoms with Crippen LogP contribution in [-0.4, -0.2) is 45.8 Å². The van der Waals surface area contributed by atoms with Crippen LogP contribution >= 0.6 is 0 Å². The number of fused-ring (bicyclic) bond motifs is 1. The van der Waals surface area contributed by atoms with Crippen molar-refractivity contribution in [2.24, 2.45) is 0 Å². The Hall–Kier alpha value is -3.42. The average Bonchev–Trinajstić information content (AvgIpc) is 2.85. The van der Waals surface area contributed by atoms with Crippen LogP contribution in [0.1, 0.15) is 17.2 Å². The molecule has 0 spiro atoms. The molecule has 0 atom stereocenters. The number of benzene rings is 3. The normalized spacial score (nSPS) is 15.4. The van der Waals surface area contributed by atoms with Crippen molar-refractivity contribution >= 4 is 10.8 Å². The first kappa shape index (κ1) is 21.4. The van der Waals surface area contributed by atoms with Crippen LogP contribution in [0.4, 0.5) is 8.78 Å². The molecule has 1 aliphatic rings. The summed E-state index contributed by atoms with van der Waals surface area (Å²) in [7, 11) is 0. The predicted molar refractivity (Wildman–Crippen MR) is 124 cm³/mol. The zero-order valence-corrected chi connectivity index (χ0v) is 18.1. The lowest BCUT2D eigenvalue weighted by Gasteiger charge is -2.39. The predicted octanol–water partition coefficient (Wildman–Crippen LogP) is 4.04. The topological polar surface area (TPSA) is 41.4 Å². The third-order valence-electron chi connectivity index (χ3n) is 6.24. The van der Waals surface area contributed by atoms with Crippen LogP contribution in [0.2, 0.25) is 0 Å². The van der Waals surface area contributed by atoms with Crippen molar-refractivity contribution in [1.82, 2.24) is 19.6 Å². The molecule has 2 heterocycles. The minimum atomic E-state index is -0.283. The Kier molecular flexibility index (Phi) is 5.98. The van der Waals surface area contributed by atoms with E-state index >= 15 is 0 Å². The average molecular weight is 447 g/mol. The van der Waals surface area contributed by atoms with Crippen LogP contribution in [0.25, 0.3) is 10.8 Å². The minimum Gasteiger partial charge on any atom is -0.290 e. The second kappa shape index (κ2) is 9.21. The maximum atomic E-state index is 13.5. The molecule has 168 valence electrons. The Balaban J connectivity index is 1.34. The molecule has 1 fully saturated rings. The van der Waals surface area contributed by atoms with Gasteiger partial charge in [-0.05, 0) is 41.5 Å². The van der Waals surface area contributed by atoms with E-state index in [-0.39, 0.29) is 23.2 Å². The molecule has 0 saturated carbocycles. The smallest absolute Gasteiger partial charge is 0.275 e. The van der Waals surface area contributed by atoms with Crippen LogP contribution in [0.5, 0.6) is 0 Å². The summed E-state index contributed by atoms with van der Waals surface area (Å²) >= 11 is 0. The second-order valence-electron chi connectivity index (χ2n) is 8.34. The van der Waals surface area contributed by atoms with Gasteiger partial charge in [0.05, 0.1) is 24.3 Å². The number of hydrogen-bond acceptors (Lipinski definition) is 4. The highest BCUT2D eigenvalue weighted by Crippen LogP contribution is 2.30. The standard InChI is InChI=1S/C26H24F2N4O/c27-22-9-5-19(6-10-22)25(20-7-11-23(28)12-8-20)31-15-13-30(14-16-31)18-32-26(33)24-4-2-1-3-21(24)17-29-32/h1-12,17,25H,13-16,18H2. The molecule has 1 aliphatic heterocycles. The number of piperazine rings is 1. The molecule has 33 heavy (non-hydrogen) atoms. The summed E-state index contributed by atoms with van der Waals surface area (Å²) in [5.41, 5.74) is 1.83. The van der Waals surface area contributed by atoms with Gasteiger partial charge in [-0.1, -0.05) is 42.5 Å². The molecule has 5 rings (SSSR count). The highest BCUT2D eigenvalue weighted by atomic mass is 19.1. The first-order chi connectivity index (χ1) is 16.1. The van der Waals surface area contributed by atoms with Gasteiger partial charge in [0.15, 0.2) is 0 Å². The Labute approximate surface area is 190 Å². The van der Waals surface area contributed by atoms with Gasteiger partial charge in [0.1, 0.15) is 11.6 Å². The molecule has 5 nitrogen and oxygen atoms in total. The molecule has 0 N–H and O–H groups in total.